The van der Waals surface area contributed by atoms with E-state index in [1.54, 1.807) is 0 Å². The molecule has 0 aliphatic rings. The summed E-state index contributed by atoms with van der Waals surface area (Å²) in [5.74, 6) is 0. The van der Waals surface area contributed by atoms with Crippen LogP contribution in [-0.2, 0) is 0 Å². The third kappa shape index (κ3) is 4.34. The van der Waals surface area contributed by atoms with E-state index in [4.69, 9.17) is 4.42 Å². The van der Waals surface area contributed by atoms with Crippen molar-refractivity contribution in [3.05, 3.63) is 200 Å². The number of para-hydroxylation sites is 5. The van der Waals surface area contributed by atoms with Gasteiger partial charge in [-0.15, -0.1) is 0 Å². The second kappa shape index (κ2) is 11.8. The van der Waals surface area contributed by atoms with Crippen molar-refractivity contribution in [3.8, 4) is 28.2 Å². The van der Waals surface area contributed by atoms with E-state index in [1.807, 2.05) is 6.07 Å². The third-order valence-corrected chi connectivity index (χ3v) is 12.2. The Balaban J connectivity index is 1.12. The van der Waals surface area contributed by atoms with Crippen LogP contribution in [0.25, 0.3) is 116 Å². The zero-order valence-electron chi connectivity index (χ0n) is 31.3. The van der Waals surface area contributed by atoms with Gasteiger partial charge >= 0.3 is 0 Å². The van der Waals surface area contributed by atoms with Crippen molar-refractivity contribution in [1.29, 1.82) is 0 Å². The van der Waals surface area contributed by atoms with Gasteiger partial charge in [-0.3, -0.25) is 0 Å². The maximum absolute atomic E-state index is 6.61. The molecule has 0 fully saturated rings. The van der Waals surface area contributed by atoms with E-state index in [0.717, 1.165) is 55.6 Å². The summed E-state index contributed by atoms with van der Waals surface area (Å²) in [6.45, 7) is 0. The zero-order chi connectivity index (χ0) is 37.9. The van der Waals surface area contributed by atoms with Crippen molar-refractivity contribution in [2.45, 2.75) is 0 Å². The van der Waals surface area contributed by atoms with Crippen molar-refractivity contribution >= 4 is 87.4 Å². The summed E-state index contributed by atoms with van der Waals surface area (Å²) < 4.78 is 13.9. The molecule has 0 N–H and O–H groups in total. The number of nitrogens with zero attached hydrogens (tertiary/aromatic N) is 3. The van der Waals surface area contributed by atoms with E-state index < -0.39 is 0 Å². The Bertz CT molecular complexity index is 3790. The topological polar surface area (TPSA) is 27.9 Å². The summed E-state index contributed by atoms with van der Waals surface area (Å²) >= 11 is 0. The molecule has 270 valence electrons. The van der Waals surface area contributed by atoms with Gasteiger partial charge in [0, 0.05) is 65.7 Å². The molecule has 4 nitrogen and oxygen atoms in total. The molecule has 4 heterocycles. The van der Waals surface area contributed by atoms with Crippen LogP contribution in [-0.4, -0.2) is 13.7 Å². The SMILES string of the molecule is c1ccc(-c2cc(-n3c4ccccc4c4cc5c6ccccc6n(-c6ccc7c(c6)c6ccccc6n7-c6ccccc6)c5cc43)cc3c2oc2ccccc23)cc1. The first-order valence-corrected chi connectivity index (χ1v) is 19.8. The van der Waals surface area contributed by atoms with Crippen molar-refractivity contribution in [3.63, 3.8) is 0 Å². The normalized spacial score (nSPS) is 12.1. The number of hydrogen-bond acceptors (Lipinski definition) is 1. The Hall–Kier alpha value is -7.82. The molecule has 0 saturated heterocycles. The average Bonchev–Trinajstić information content (AvgIpc) is 4.02. The first-order valence-electron chi connectivity index (χ1n) is 19.8. The first kappa shape index (κ1) is 31.4. The quantitative estimate of drug-likeness (QED) is 0.177. The molecule has 0 spiro atoms. The predicted octanol–water partition coefficient (Wildman–Crippen LogP) is 14.5. The first-order chi connectivity index (χ1) is 28.8. The fraction of sp³-hybridized carbons (Fsp3) is 0. The van der Waals surface area contributed by atoms with Crippen LogP contribution in [0.4, 0.5) is 0 Å². The molecular weight excluding hydrogens is 707 g/mol. The number of rotatable bonds is 4. The van der Waals surface area contributed by atoms with E-state index in [2.05, 4.69) is 208 Å². The van der Waals surface area contributed by atoms with Crippen LogP contribution < -0.4 is 0 Å². The summed E-state index contributed by atoms with van der Waals surface area (Å²) in [4.78, 5) is 0. The fourth-order valence-corrected chi connectivity index (χ4v) is 9.72. The van der Waals surface area contributed by atoms with Crippen LogP contribution in [0.15, 0.2) is 205 Å². The highest BCUT2D eigenvalue weighted by Gasteiger charge is 2.22. The van der Waals surface area contributed by atoms with Crippen LogP contribution in [0, 0.1) is 0 Å². The van der Waals surface area contributed by atoms with Gasteiger partial charge in [-0.25, -0.2) is 0 Å². The van der Waals surface area contributed by atoms with Gasteiger partial charge in [0.2, 0.25) is 0 Å². The maximum atomic E-state index is 6.61. The van der Waals surface area contributed by atoms with Gasteiger partial charge in [-0.1, -0.05) is 121 Å². The van der Waals surface area contributed by atoms with E-state index in [0.29, 0.717) is 0 Å². The largest absolute Gasteiger partial charge is 0.455 e. The highest BCUT2D eigenvalue weighted by Crippen LogP contribution is 2.43. The molecule has 0 saturated carbocycles. The van der Waals surface area contributed by atoms with Gasteiger partial charge in [0.05, 0.1) is 33.1 Å². The molecule has 0 aliphatic carbocycles. The molecule has 13 rings (SSSR count). The molecule has 4 aromatic heterocycles. The van der Waals surface area contributed by atoms with Crippen molar-refractivity contribution in [2.75, 3.05) is 0 Å². The molecule has 0 atom stereocenters. The number of furan rings is 1. The Morgan fingerprint density at radius 2 is 0.759 bits per heavy atom. The number of fused-ring (bicyclic) bond motifs is 12. The van der Waals surface area contributed by atoms with Gasteiger partial charge in [0.25, 0.3) is 0 Å². The minimum absolute atomic E-state index is 0.893. The van der Waals surface area contributed by atoms with Crippen molar-refractivity contribution < 1.29 is 4.42 Å². The molecule has 0 radical (unpaired) electrons. The van der Waals surface area contributed by atoms with E-state index in [9.17, 15) is 0 Å². The van der Waals surface area contributed by atoms with Gasteiger partial charge in [0.1, 0.15) is 11.2 Å². The van der Waals surface area contributed by atoms with Crippen LogP contribution in [0.5, 0.6) is 0 Å². The third-order valence-electron chi connectivity index (χ3n) is 12.2. The second-order valence-electron chi connectivity index (χ2n) is 15.3. The highest BCUT2D eigenvalue weighted by atomic mass is 16.3. The minimum atomic E-state index is 0.893. The van der Waals surface area contributed by atoms with Gasteiger partial charge in [0.15, 0.2) is 0 Å². The lowest BCUT2D eigenvalue weighted by Gasteiger charge is -2.13. The Morgan fingerprint density at radius 3 is 1.41 bits per heavy atom. The van der Waals surface area contributed by atoms with Gasteiger partial charge < -0.3 is 18.1 Å². The summed E-state index contributed by atoms with van der Waals surface area (Å²) in [7, 11) is 0. The molecule has 9 aromatic carbocycles. The standard InChI is InChI=1S/C54H33N3O/c1-3-15-34(16-4-1)42-30-37(31-46-41-22-10-14-26-53(41)58-54(42)46)57-49-25-13-9-21-40(49)45-32-44-39-20-8-12-24-48(39)56(51(44)33-52(45)57)36-27-28-50-43(29-36)38-19-7-11-23-47(38)55(50)35-17-5-2-6-18-35/h1-33H. The number of benzene rings is 9. The zero-order valence-corrected chi connectivity index (χ0v) is 31.3. The average molecular weight is 740 g/mol. The highest BCUT2D eigenvalue weighted by molar-refractivity contribution is 6.20. The van der Waals surface area contributed by atoms with Crippen LogP contribution in [0.2, 0.25) is 0 Å². The fourth-order valence-electron chi connectivity index (χ4n) is 9.72. The molecular formula is C54H33N3O. The van der Waals surface area contributed by atoms with E-state index in [1.165, 1.54) is 59.9 Å². The summed E-state index contributed by atoms with van der Waals surface area (Å²) in [6.07, 6.45) is 0. The molecule has 13 aromatic rings. The predicted molar refractivity (Wildman–Crippen MR) is 242 cm³/mol. The van der Waals surface area contributed by atoms with Crippen molar-refractivity contribution in [1.82, 2.24) is 13.7 Å². The summed E-state index contributed by atoms with van der Waals surface area (Å²) in [5.41, 5.74) is 14.5. The summed E-state index contributed by atoms with van der Waals surface area (Å²) in [5, 5.41) is 9.62. The molecule has 4 heteroatoms. The summed E-state index contributed by atoms with van der Waals surface area (Å²) in [6, 6.07) is 72.5. The smallest absolute Gasteiger partial charge is 0.143 e. The van der Waals surface area contributed by atoms with Crippen molar-refractivity contribution in [2.24, 2.45) is 0 Å². The molecule has 58 heavy (non-hydrogen) atoms. The lowest BCUT2D eigenvalue weighted by Crippen LogP contribution is -1.97. The molecule has 0 aliphatic heterocycles. The second-order valence-corrected chi connectivity index (χ2v) is 15.3. The Kier molecular flexibility index (Phi) is 6.41. The van der Waals surface area contributed by atoms with Gasteiger partial charge in [-0.05, 0) is 84.4 Å². The van der Waals surface area contributed by atoms with E-state index >= 15 is 0 Å². The van der Waals surface area contributed by atoms with Crippen LogP contribution in [0.3, 0.4) is 0 Å². The number of aromatic nitrogens is 3. The monoisotopic (exact) mass is 739 g/mol. The Labute approximate surface area is 332 Å². The van der Waals surface area contributed by atoms with E-state index in [-0.39, 0.29) is 0 Å². The van der Waals surface area contributed by atoms with Gasteiger partial charge in [-0.2, -0.15) is 0 Å². The maximum Gasteiger partial charge on any atom is 0.143 e. The molecule has 0 amide bonds. The lowest BCUT2D eigenvalue weighted by atomic mass is 10.0. The molecule has 0 unspecified atom stereocenters. The minimum Gasteiger partial charge on any atom is -0.455 e. The van der Waals surface area contributed by atoms with Crippen LogP contribution in [0.1, 0.15) is 0 Å². The lowest BCUT2D eigenvalue weighted by molar-refractivity contribution is 0.670. The molecule has 0 bridgehead atoms. The Morgan fingerprint density at radius 1 is 0.276 bits per heavy atom. The number of hydrogen-bond donors (Lipinski definition) is 0. The van der Waals surface area contributed by atoms with Crippen LogP contribution >= 0.6 is 0 Å².